The molecule has 0 aliphatic heterocycles. The summed E-state index contributed by atoms with van der Waals surface area (Å²) >= 11 is 0. The second-order valence-electron chi connectivity index (χ2n) is 5.34. The number of H-pyrrole nitrogens is 1. The summed E-state index contributed by atoms with van der Waals surface area (Å²) in [5.74, 6) is 1.17. The fraction of sp³-hybridized carbons (Fsp3) is 0.278. The molecule has 2 N–H and O–H groups in total. The van der Waals surface area contributed by atoms with E-state index in [2.05, 4.69) is 51.8 Å². The van der Waals surface area contributed by atoms with Crippen LogP contribution < -0.4 is 10.1 Å². The van der Waals surface area contributed by atoms with Crippen LogP contribution >= 0.6 is 0 Å². The maximum Gasteiger partial charge on any atom is 0.141 e. The van der Waals surface area contributed by atoms with Crippen LogP contribution in [0.3, 0.4) is 0 Å². The number of methoxy groups -OCH3 is 1. The van der Waals surface area contributed by atoms with Crippen LogP contribution in [0.5, 0.6) is 5.75 Å². The van der Waals surface area contributed by atoms with E-state index in [1.807, 2.05) is 13.1 Å². The molecule has 0 radical (unpaired) electrons. The van der Waals surface area contributed by atoms with Crippen molar-refractivity contribution in [2.24, 2.45) is 0 Å². The van der Waals surface area contributed by atoms with Crippen molar-refractivity contribution in [1.82, 2.24) is 15.3 Å². The molecular formula is C18H21N3O. The maximum atomic E-state index is 5.54. The SMILES string of the molecule is CNCCC(c1ccccc1)c1c[nH]c2nccc(OC)c12. The third kappa shape index (κ3) is 2.70. The van der Waals surface area contributed by atoms with Gasteiger partial charge >= 0.3 is 0 Å². The smallest absolute Gasteiger partial charge is 0.141 e. The highest BCUT2D eigenvalue weighted by molar-refractivity contribution is 5.87. The molecule has 22 heavy (non-hydrogen) atoms. The first-order valence-corrected chi connectivity index (χ1v) is 7.54. The molecule has 114 valence electrons. The monoisotopic (exact) mass is 295 g/mol. The van der Waals surface area contributed by atoms with Gasteiger partial charge in [0.15, 0.2) is 0 Å². The second-order valence-corrected chi connectivity index (χ2v) is 5.34. The van der Waals surface area contributed by atoms with Gasteiger partial charge in [0.2, 0.25) is 0 Å². The predicted octanol–water partition coefficient (Wildman–Crippen LogP) is 3.31. The largest absolute Gasteiger partial charge is 0.496 e. The molecule has 2 aromatic heterocycles. The van der Waals surface area contributed by atoms with E-state index in [0.717, 1.165) is 29.7 Å². The molecular weight excluding hydrogens is 274 g/mol. The van der Waals surface area contributed by atoms with Crippen molar-refractivity contribution in [3.05, 3.63) is 59.9 Å². The molecule has 4 heteroatoms. The fourth-order valence-corrected chi connectivity index (χ4v) is 2.97. The van der Waals surface area contributed by atoms with Gasteiger partial charge in [-0.25, -0.2) is 4.98 Å². The molecule has 0 saturated carbocycles. The maximum absolute atomic E-state index is 5.54. The van der Waals surface area contributed by atoms with Crippen molar-refractivity contribution < 1.29 is 4.74 Å². The number of nitrogens with zero attached hydrogens (tertiary/aromatic N) is 1. The van der Waals surface area contributed by atoms with E-state index < -0.39 is 0 Å². The third-order valence-corrected chi connectivity index (χ3v) is 4.05. The minimum absolute atomic E-state index is 0.306. The lowest BCUT2D eigenvalue weighted by Gasteiger charge is -2.17. The Morgan fingerprint density at radius 1 is 1.23 bits per heavy atom. The molecule has 0 aliphatic rings. The number of pyridine rings is 1. The molecule has 0 bridgehead atoms. The van der Waals surface area contributed by atoms with Crippen LogP contribution in [0.25, 0.3) is 11.0 Å². The Kier molecular flexibility index (Phi) is 4.39. The number of nitrogens with one attached hydrogen (secondary N) is 2. The first-order chi connectivity index (χ1) is 10.8. The van der Waals surface area contributed by atoms with Crippen molar-refractivity contribution in [3.63, 3.8) is 0 Å². The standard InChI is InChI=1S/C18H21N3O/c1-19-10-8-14(13-6-4-3-5-7-13)15-12-21-18-17(15)16(22-2)9-11-20-18/h3-7,9,11-12,14,19H,8,10H2,1-2H3,(H,20,21). The van der Waals surface area contributed by atoms with E-state index in [9.17, 15) is 0 Å². The molecule has 0 saturated heterocycles. The number of hydrogen-bond donors (Lipinski definition) is 2. The summed E-state index contributed by atoms with van der Waals surface area (Å²) in [5, 5.41) is 4.33. The van der Waals surface area contributed by atoms with Gasteiger partial charge in [0.05, 0.1) is 12.5 Å². The Hall–Kier alpha value is -2.33. The molecule has 0 spiro atoms. The highest BCUT2D eigenvalue weighted by Gasteiger charge is 2.20. The lowest BCUT2D eigenvalue weighted by molar-refractivity contribution is 0.419. The lowest BCUT2D eigenvalue weighted by Crippen LogP contribution is -2.13. The molecule has 3 aromatic rings. The molecule has 4 nitrogen and oxygen atoms in total. The summed E-state index contributed by atoms with van der Waals surface area (Å²) in [4.78, 5) is 7.69. The zero-order valence-electron chi connectivity index (χ0n) is 13.0. The van der Waals surface area contributed by atoms with E-state index in [1.165, 1.54) is 11.1 Å². The third-order valence-electron chi connectivity index (χ3n) is 4.05. The van der Waals surface area contributed by atoms with Crippen molar-refractivity contribution in [2.75, 3.05) is 20.7 Å². The van der Waals surface area contributed by atoms with E-state index >= 15 is 0 Å². The van der Waals surface area contributed by atoms with Crippen LogP contribution in [0.15, 0.2) is 48.8 Å². The van der Waals surface area contributed by atoms with Gasteiger partial charge in [0.25, 0.3) is 0 Å². The Bertz CT molecular complexity index is 736. The zero-order chi connectivity index (χ0) is 15.4. The molecule has 2 heterocycles. The number of rotatable bonds is 6. The van der Waals surface area contributed by atoms with Crippen LogP contribution in [0, 0.1) is 0 Å². The van der Waals surface area contributed by atoms with Crippen LogP contribution in [0.4, 0.5) is 0 Å². The number of ether oxygens (including phenoxy) is 1. The Morgan fingerprint density at radius 3 is 2.77 bits per heavy atom. The summed E-state index contributed by atoms with van der Waals surface area (Å²) in [5.41, 5.74) is 3.42. The van der Waals surface area contributed by atoms with Gasteiger partial charge in [-0.2, -0.15) is 0 Å². The highest BCUT2D eigenvalue weighted by Crippen LogP contribution is 2.36. The number of hydrogen-bond acceptors (Lipinski definition) is 3. The minimum atomic E-state index is 0.306. The summed E-state index contributed by atoms with van der Waals surface area (Å²) in [6.07, 6.45) is 4.85. The van der Waals surface area contributed by atoms with Gasteiger partial charge < -0.3 is 15.0 Å². The zero-order valence-corrected chi connectivity index (χ0v) is 13.0. The Balaban J connectivity index is 2.12. The van der Waals surface area contributed by atoms with Crippen molar-refractivity contribution in [2.45, 2.75) is 12.3 Å². The number of aromatic nitrogens is 2. The molecule has 0 fully saturated rings. The molecule has 3 rings (SSSR count). The Morgan fingerprint density at radius 2 is 2.05 bits per heavy atom. The lowest BCUT2D eigenvalue weighted by atomic mass is 9.88. The van der Waals surface area contributed by atoms with Gasteiger partial charge in [0, 0.05) is 18.3 Å². The van der Waals surface area contributed by atoms with Gasteiger partial charge in [-0.1, -0.05) is 30.3 Å². The predicted molar refractivity (Wildman–Crippen MR) is 89.5 cm³/mol. The van der Waals surface area contributed by atoms with Crippen LogP contribution in [-0.2, 0) is 0 Å². The van der Waals surface area contributed by atoms with Crippen molar-refractivity contribution >= 4 is 11.0 Å². The summed E-state index contributed by atoms with van der Waals surface area (Å²) < 4.78 is 5.54. The number of aromatic amines is 1. The van der Waals surface area contributed by atoms with Gasteiger partial charge in [-0.15, -0.1) is 0 Å². The topological polar surface area (TPSA) is 49.9 Å². The van der Waals surface area contributed by atoms with Gasteiger partial charge in [0.1, 0.15) is 11.4 Å². The molecule has 0 aliphatic carbocycles. The normalized spacial score (nSPS) is 12.5. The quantitative estimate of drug-likeness (QED) is 0.733. The number of fused-ring (bicyclic) bond motifs is 1. The van der Waals surface area contributed by atoms with Gasteiger partial charge in [-0.3, -0.25) is 0 Å². The average molecular weight is 295 g/mol. The summed E-state index contributed by atoms with van der Waals surface area (Å²) in [7, 11) is 3.69. The van der Waals surface area contributed by atoms with Crippen LogP contribution in [0.1, 0.15) is 23.5 Å². The Labute approximate surface area is 130 Å². The molecule has 1 atom stereocenters. The average Bonchev–Trinajstić information content (AvgIpc) is 3.00. The van der Waals surface area contributed by atoms with Crippen LogP contribution in [0.2, 0.25) is 0 Å². The summed E-state index contributed by atoms with van der Waals surface area (Å²) in [6.45, 7) is 0.953. The molecule has 1 aromatic carbocycles. The van der Waals surface area contributed by atoms with E-state index in [4.69, 9.17) is 4.74 Å². The molecule has 0 amide bonds. The highest BCUT2D eigenvalue weighted by atomic mass is 16.5. The van der Waals surface area contributed by atoms with E-state index in [0.29, 0.717) is 5.92 Å². The first kappa shape index (κ1) is 14.6. The van der Waals surface area contributed by atoms with Crippen molar-refractivity contribution in [1.29, 1.82) is 0 Å². The van der Waals surface area contributed by atoms with E-state index in [-0.39, 0.29) is 0 Å². The number of benzene rings is 1. The van der Waals surface area contributed by atoms with Gasteiger partial charge in [-0.05, 0) is 37.2 Å². The second kappa shape index (κ2) is 6.62. The fourth-order valence-electron chi connectivity index (χ4n) is 2.97. The first-order valence-electron chi connectivity index (χ1n) is 7.54. The van der Waals surface area contributed by atoms with Crippen LogP contribution in [-0.4, -0.2) is 30.7 Å². The summed E-state index contributed by atoms with van der Waals surface area (Å²) in [6, 6.07) is 12.5. The molecule has 1 unspecified atom stereocenters. The van der Waals surface area contributed by atoms with E-state index in [1.54, 1.807) is 13.3 Å². The van der Waals surface area contributed by atoms with Crippen molar-refractivity contribution in [3.8, 4) is 5.75 Å². The minimum Gasteiger partial charge on any atom is -0.496 e.